The first-order valence-electron chi connectivity index (χ1n) is 8.74. The Kier molecular flexibility index (Phi) is 11.0. The first-order chi connectivity index (χ1) is 10.7. The Morgan fingerprint density at radius 3 is 2.73 bits per heavy atom. The summed E-state index contributed by atoms with van der Waals surface area (Å²) < 4.78 is 16.0. The lowest BCUT2D eigenvalue weighted by atomic mass is 10.1. The molecule has 0 amide bonds. The number of ether oxygens (including phenoxy) is 3. The summed E-state index contributed by atoms with van der Waals surface area (Å²) in [6.07, 6.45) is 15.3. The van der Waals surface area contributed by atoms with E-state index in [1.807, 2.05) is 6.08 Å². The number of carbonyl (C=O) groups excluding carboxylic acids is 1. The van der Waals surface area contributed by atoms with Crippen LogP contribution >= 0.6 is 0 Å². The van der Waals surface area contributed by atoms with Gasteiger partial charge in [-0.25, -0.2) is 4.79 Å². The van der Waals surface area contributed by atoms with Crippen LogP contribution in [0.15, 0.2) is 12.2 Å². The van der Waals surface area contributed by atoms with E-state index in [4.69, 9.17) is 9.47 Å². The van der Waals surface area contributed by atoms with Crippen molar-refractivity contribution in [2.45, 2.75) is 83.5 Å². The molecule has 0 aromatic carbocycles. The molecule has 22 heavy (non-hydrogen) atoms. The maximum absolute atomic E-state index is 10.9. The Labute approximate surface area is 135 Å². The molecule has 0 aromatic rings. The van der Waals surface area contributed by atoms with Gasteiger partial charge in [0.1, 0.15) is 0 Å². The average Bonchev–Trinajstić information content (AvgIpc) is 2.54. The van der Waals surface area contributed by atoms with Gasteiger partial charge in [-0.3, -0.25) is 0 Å². The molecule has 1 fully saturated rings. The quantitative estimate of drug-likeness (QED) is 0.323. The Morgan fingerprint density at radius 2 is 2.00 bits per heavy atom. The minimum absolute atomic E-state index is 0.0327. The molecule has 0 N–H and O–H groups in total. The summed E-state index contributed by atoms with van der Waals surface area (Å²) in [5, 5.41) is 0. The van der Waals surface area contributed by atoms with Gasteiger partial charge in [0.2, 0.25) is 0 Å². The van der Waals surface area contributed by atoms with E-state index in [9.17, 15) is 4.79 Å². The third kappa shape index (κ3) is 9.96. The topological polar surface area (TPSA) is 44.8 Å². The number of unbranched alkanes of at least 4 members (excludes halogenated alkanes) is 5. The third-order valence-electron chi connectivity index (χ3n) is 3.96. The Balaban J connectivity index is 1.88. The number of hydrogen-bond donors (Lipinski definition) is 0. The van der Waals surface area contributed by atoms with Crippen molar-refractivity contribution in [1.29, 1.82) is 0 Å². The molecule has 2 atom stereocenters. The van der Waals surface area contributed by atoms with Gasteiger partial charge in [0, 0.05) is 12.7 Å². The van der Waals surface area contributed by atoms with Gasteiger partial charge in [0.25, 0.3) is 0 Å². The van der Waals surface area contributed by atoms with Crippen LogP contribution in [0.1, 0.15) is 71.1 Å². The van der Waals surface area contributed by atoms with E-state index in [1.165, 1.54) is 51.7 Å². The van der Waals surface area contributed by atoms with Gasteiger partial charge in [0.15, 0.2) is 6.29 Å². The Morgan fingerprint density at radius 1 is 1.23 bits per heavy atom. The molecule has 1 heterocycles. The summed E-state index contributed by atoms with van der Waals surface area (Å²) in [5.41, 5.74) is 0. The van der Waals surface area contributed by atoms with Crippen molar-refractivity contribution in [3.8, 4) is 0 Å². The number of hydrogen-bond acceptors (Lipinski definition) is 4. The fourth-order valence-electron chi connectivity index (χ4n) is 2.62. The highest BCUT2D eigenvalue weighted by molar-refractivity contribution is 5.81. The highest BCUT2D eigenvalue weighted by Crippen LogP contribution is 2.18. The van der Waals surface area contributed by atoms with E-state index in [2.05, 4.69) is 11.7 Å². The largest absolute Gasteiger partial charge is 0.466 e. The molecule has 0 spiro atoms. The second-order valence-corrected chi connectivity index (χ2v) is 6.01. The summed E-state index contributed by atoms with van der Waals surface area (Å²) >= 11 is 0. The minimum Gasteiger partial charge on any atom is -0.466 e. The van der Waals surface area contributed by atoms with Gasteiger partial charge in [-0.05, 0) is 45.4 Å². The first-order valence-corrected chi connectivity index (χ1v) is 8.74. The lowest BCUT2D eigenvalue weighted by Crippen LogP contribution is -2.26. The molecule has 0 saturated carbocycles. The van der Waals surface area contributed by atoms with Crippen molar-refractivity contribution in [3.63, 3.8) is 0 Å². The SMILES string of the molecule is COC(=O)/C=C/CCCCCCCC(C)OC1CCCCO1. The van der Waals surface area contributed by atoms with Crippen LogP contribution in [0.25, 0.3) is 0 Å². The van der Waals surface area contributed by atoms with Gasteiger partial charge in [0.05, 0.1) is 13.2 Å². The van der Waals surface area contributed by atoms with Crippen molar-refractivity contribution in [3.05, 3.63) is 12.2 Å². The second-order valence-electron chi connectivity index (χ2n) is 6.01. The molecule has 0 aromatic heterocycles. The average molecular weight is 312 g/mol. The number of allylic oxidation sites excluding steroid dienone is 1. The van der Waals surface area contributed by atoms with Crippen LogP contribution in [0.3, 0.4) is 0 Å². The van der Waals surface area contributed by atoms with E-state index >= 15 is 0 Å². The zero-order valence-corrected chi connectivity index (χ0v) is 14.2. The molecule has 4 heteroatoms. The summed E-state index contributed by atoms with van der Waals surface area (Å²) in [5.74, 6) is -0.268. The molecule has 0 aliphatic carbocycles. The molecule has 0 radical (unpaired) electrons. The standard InChI is InChI=1S/C18H32O4/c1-16(22-18-14-10-11-15-21-18)12-8-6-4-3-5-7-9-13-17(19)20-2/h9,13,16,18H,3-8,10-12,14-15H2,1-2H3/b13-9+. The minimum atomic E-state index is -0.268. The van der Waals surface area contributed by atoms with E-state index < -0.39 is 0 Å². The second kappa shape index (κ2) is 12.7. The van der Waals surface area contributed by atoms with Gasteiger partial charge in [-0.1, -0.05) is 31.8 Å². The van der Waals surface area contributed by atoms with Crippen LogP contribution in [0.4, 0.5) is 0 Å². The normalized spacial score (nSPS) is 20.2. The van der Waals surface area contributed by atoms with Crippen LogP contribution in [-0.4, -0.2) is 32.1 Å². The predicted octanol–water partition coefficient (Wildman–Crippen LogP) is 4.38. The van der Waals surface area contributed by atoms with Crippen LogP contribution in [-0.2, 0) is 19.0 Å². The Hall–Kier alpha value is -0.870. The van der Waals surface area contributed by atoms with Crippen molar-refractivity contribution in [2.75, 3.05) is 13.7 Å². The predicted molar refractivity (Wildman–Crippen MR) is 87.6 cm³/mol. The van der Waals surface area contributed by atoms with Crippen molar-refractivity contribution in [2.24, 2.45) is 0 Å². The van der Waals surface area contributed by atoms with E-state index in [-0.39, 0.29) is 12.3 Å². The summed E-state index contributed by atoms with van der Waals surface area (Å²) in [4.78, 5) is 10.9. The molecule has 1 aliphatic heterocycles. The molecular weight excluding hydrogens is 280 g/mol. The first kappa shape index (κ1) is 19.2. The fraction of sp³-hybridized carbons (Fsp3) is 0.833. The molecule has 1 rings (SSSR count). The summed E-state index contributed by atoms with van der Waals surface area (Å²) in [6, 6.07) is 0. The third-order valence-corrected chi connectivity index (χ3v) is 3.96. The van der Waals surface area contributed by atoms with Crippen molar-refractivity contribution >= 4 is 5.97 Å². The molecule has 0 bridgehead atoms. The van der Waals surface area contributed by atoms with Gasteiger partial charge in [-0.2, -0.15) is 0 Å². The summed E-state index contributed by atoms with van der Waals surface area (Å²) in [6.45, 7) is 3.00. The number of esters is 1. The molecule has 2 unspecified atom stereocenters. The lowest BCUT2D eigenvalue weighted by molar-refractivity contribution is -0.185. The summed E-state index contributed by atoms with van der Waals surface area (Å²) in [7, 11) is 1.40. The monoisotopic (exact) mass is 312 g/mol. The zero-order chi connectivity index (χ0) is 16.0. The van der Waals surface area contributed by atoms with E-state index in [1.54, 1.807) is 0 Å². The molecule has 128 valence electrons. The lowest BCUT2D eigenvalue weighted by Gasteiger charge is -2.26. The highest BCUT2D eigenvalue weighted by atomic mass is 16.7. The number of carbonyl (C=O) groups is 1. The van der Waals surface area contributed by atoms with Gasteiger partial charge >= 0.3 is 5.97 Å². The Bertz CT molecular complexity index is 308. The molecular formula is C18H32O4. The number of rotatable bonds is 11. The zero-order valence-electron chi connectivity index (χ0n) is 14.2. The van der Waals surface area contributed by atoms with E-state index in [0.29, 0.717) is 6.10 Å². The molecule has 1 aliphatic rings. The maximum Gasteiger partial charge on any atom is 0.330 e. The highest BCUT2D eigenvalue weighted by Gasteiger charge is 2.16. The van der Waals surface area contributed by atoms with E-state index in [0.717, 1.165) is 32.3 Å². The fourth-order valence-corrected chi connectivity index (χ4v) is 2.62. The molecule has 1 saturated heterocycles. The molecule has 4 nitrogen and oxygen atoms in total. The van der Waals surface area contributed by atoms with Crippen LogP contribution in [0.5, 0.6) is 0 Å². The number of methoxy groups -OCH3 is 1. The van der Waals surface area contributed by atoms with Crippen LogP contribution in [0.2, 0.25) is 0 Å². The van der Waals surface area contributed by atoms with Crippen molar-refractivity contribution < 1.29 is 19.0 Å². The van der Waals surface area contributed by atoms with Crippen molar-refractivity contribution in [1.82, 2.24) is 0 Å². The van der Waals surface area contributed by atoms with Crippen LogP contribution in [0, 0.1) is 0 Å². The van der Waals surface area contributed by atoms with Gasteiger partial charge in [-0.15, -0.1) is 0 Å². The smallest absolute Gasteiger partial charge is 0.330 e. The van der Waals surface area contributed by atoms with Gasteiger partial charge < -0.3 is 14.2 Å². The van der Waals surface area contributed by atoms with Crippen LogP contribution < -0.4 is 0 Å². The maximum atomic E-state index is 10.9.